The third kappa shape index (κ3) is 4.13. The Labute approximate surface area is 141 Å². The summed E-state index contributed by atoms with van der Waals surface area (Å²) in [6, 6.07) is 8.92. The van der Waals surface area contributed by atoms with E-state index in [1.165, 1.54) is 0 Å². The van der Waals surface area contributed by atoms with Crippen molar-refractivity contribution < 1.29 is 9.53 Å². The van der Waals surface area contributed by atoms with Gasteiger partial charge in [0, 0.05) is 43.3 Å². The molecule has 0 aliphatic carbocycles. The summed E-state index contributed by atoms with van der Waals surface area (Å²) in [4.78, 5) is 22.9. The number of piperidine rings is 1. The Bertz CT molecular complexity index is 680. The second kappa shape index (κ2) is 7.63. The van der Waals surface area contributed by atoms with Gasteiger partial charge in [0.05, 0.1) is 7.11 Å². The van der Waals surface area contributed by atoms with E-state index in [0.717, 1.165) is 19.4 Å². The van der Waals surface area contributed by atoms with Crippen LogP contribution in [-0.2, 0) is 0 Å². The molecule has 1 atom stereocenters. The van der Waals surface area contributed by atoms with Crippen molar-refractivity contribution in [1.29, 1.82) is 0 Å². The van der Waals surface area contributed by atoms with E-state index in [4.69, 9.17) is 4.74 Å². The Morgan fingerprint density at radius 2 is 2.12 bits per heavy atom. The molecule has 0 bridgehead atoms. The first kappa shape index (κ1) is 16.0. The predicted octanol–water partition coefficient (Wildman–Crippen LogP) is 2.28. The number of nitrogens with one attached hydrogen (secondary N) is 2. The quantitative estimate of drug-likeness (QED) is 0.900. The molecule has 2 aromatic rings. The van der Waals surface area contributed by atoms with Gasteiger partial charge in [-0.2, -0.15) is 0 Å². The van der Waals surface area contributed by atoms with Crippen molar-refractivity contribution in [2.45, 2.75) is 18.9 Å². The van der Waals surface area contributed by atoms with Crippen LogP contribution >= 0.6 is 0 Å². The number of methoxy groups -OCH3 is 1. The molecule has 1 aliphatic rings. The predicted molar refractivity (Wildman–Crippen MR) is 92.4 cm³/mol. The summed E-state index contributed by atoms with van der Waals surface area (Å²) in [6.45, 7) is 1.61. The number of rotatable bonds is 4. The number of nitrogens with zero attached hydrogens (tertiary/aromatic N) is 3. The lowest BCUT2D eigenvalue weighted by atomic mass is 10.1. The number of aromatic nitrogens is 2. The Balaban J connectivity index is 1.56. The summed E-state index contributed by atoms with van der Waals surface area (Å²) in [5, 5.41) is 5.86. The van der Waals surface area contributed by atoms with Gasteiger partial charge < -0.3 is 20.3 Å². The molecule has 0 radical (unpaired) electrons. The third-order valence-corrected chi connectivity index (χ3v) is 3.92. The molecule has 24 heavy (non-hydrogen) atoms. The summed E-state index contributed by atoms with van der Waals surface area (Å²) in [7, 11) is 1.60. The van der Waals surface area contributed by atoms with Crippen LogP contribution < -0.4 is 20.3 Å². The van der Waals surface area contributed by atoms with Gasteiger partial charge in [0.1, 0.15) is 5.75 Å². The van der Waals surface area contributed by atoms with Crippen LogP contribution in [0, 0.1) is 0 Å². The highest BCUT2D eigenvalue weighted by Crippen LogP contribution is 2.18. The van der Waals surface area contributed by atoms with Crippen LogP contribution in [-0.4, -0.2) is 42.2 Å². The van der Waals surface area contributed by atoms with Gasteiger partial charge in [0.25, 0.3) is 0 Å². The van der Waals surface area contributed by atoms with E-state index in [2.05, 4.69) is 25.5 Å². The number of carbonyl (C=O) groups is 1. The fourth-order valence-corrected chi connectivity index (χ4v) is 2.78. The van der Waals surface area contributed by atoms with Gasteiger partial charge in [-0.1, -0.05) is 6.07 Å². The molecular weight excluding hydrogens is 306 g/mol. The van der Waals surface area contributed by atoms with E-state index >= 15 is 0 Å². The Morgan fingerprint density at radius 3 is 2.92 bits per heavy atom. The SMILES string of the molecule is COc1cccc(NC(=O)N[C@@H]2CCCN(c3ncccn3)C2)c1. The van der Waals surface area contributed by atoms with Crippen molar-refractivity contribution in [2.24, 2.45) is 0 Å². The van der Waals surface area contributed by atoms with Crippen molar-refractivity contribution in [3.8, 4) is 5.75 Å². The summed E-state index contributed by atoms with van der Waals surface area (Å²) in [5.41, 5.74) is 0.700. The first-order chi connectivity index (χ1) is 11.7. The van der Waals surface area contributed by atoms with Crippen LogP contribution in [0.3, 0.4) is 0 Å². The normalized spacial score (nSPS) is 17.2. The maximum atomic E-state index is 12.2. The number of benzene rings is 1. The van der Waals surface area contributed by atoms with Crippen molar-refractivity contribution in [3.05, 3.63) is 42.7 Å². The van der Waals surface area contributed by atoms with Gasteiger partial charge >= 0.3 is 6.03 Å². The molecule has 0 saturated carbocycles. The van der Waals surface area contributed by atoms with Crippen molar-refractivity contribution in [3.63, 3.8) is 0 Å². The van der Waals surface area contributed by atoms with Crippen LogP contribution in [0.2, 0.25) is 0 Å². The summed E-state index contributed by atoms with van der Waals surface area (Å²) >= 11 is 0. The molecule has 1 fully saturated rings. The lowest BCUT2D eigenvalue weighted by molar-refractivity contribution is 0.246. The van der Waals surface area contributed by atoms with Gasteiger partial charge in [-0.25, -0.2) is 14.8 Å². The highest BCUT2D eigenvalue weighted by molar-refractivity contribution is 5.89. The Hall–Kier alpha value is -2.83. The van der Waals surface area contributed by atoms with Crippen molar-refractivity contribution in [2.75, 3.05) is 30.4 Å². The zero-order valence-corrected chi connectivity index (χ0v) is 13.6. The van der Waals surface area contributed by atoms with E-state index in [0.29, 0.717) is 23.9 Å². The van der Waals surface area contributed by atoms with E-state index in [9.17, 15) is 4.79 Å². The van der Waals surface area contributed by atoms with Gasteiger partial charge in [0.15, 0.2) is 0 Å². The van der Waals surface area contributed by atoms with Gasteiger partial charge in [-0.15, -0.1) is 0 Å². The Kier molecular flexibility index (Phi) is 5.10. The van der Waals surface area contributed by atoms with Gasteiger partial charge in [-0.05, 0) is 31.0 Å². The van der Waals surface area contributed by atoms with Gasteiger partial charge in [-0.3, -0.25) is 0 Å². The largest absolute Gasteiger partial charge is 0.497 e. The number of hydrogen-bond donors (Lipinski definition) is 2. The summed E-state index contributed by atoms with van der Waals surface area (Å²) in [6.07, 6.45) is 5.39. The monoisotopic (exact) mass is 327 g/mol. The Morgan fingerprint density at radius 1 is 1.29 bits per heavy atom. The number of anilines is 2. The summed E-state index contributed by atoms with van der Waals surface area (Å²) in [5.74, 6) is 1.41. The first-order valence-corrected chi connectivity index (χ1v) is 7.98. The maximum Gasteiger partial charge on any atom is 0.319 e. The number of urea groups is 1. The third-order valence-electron chi connectivity index (χ3n) is 3.92. The lowest BCUT2D eigenvalue weighted by Crippen LogP contribution is -2.49. The molecule has 7 heteroatoms. The first-order valence-electron chi connectivity index (χ1n) is 7.98. The second-order valence-electron chi connectivity index (χ2n) is 5.66. The number of amides is 2. The maximum absolute atomic E-state index is 12.2. The standard InChI is InChI=1S/C17H21N5O2/c1-24-15-7-2-5-13(11-15)20-17(23)21-14-6-3-10-22(12-14)16-18-8-4-9-19-16/h2,4-5,7-9,11,14H,3,6,10,12H2,1H3,(H2,20,21,23)/t14-/m1/s1. The van der Waals surface area contributed by atoms with Crippen molar-refractivity contribution >= 4 is 17.7 Å². The van der Waals surface area contributed by atoms with Crippen LogP contribution in [0.4, 0.5) is 16.4 Å². The molecule has 2 heterocycles. The number of carbonyl (C=O) groups excluding carboxylic acids is 1. The van der Waals surface area contributed by atoms with E-state index in [1.54, 1.807) is 31.6 Å². The molecule has 1 saturated heterocycles. The molecule has 0 spiro atoms. The molecule has 3 rings (SSSR count). The zero-order valence-electron chi connectivity index (χ0n) is 13.6. The fourth-order valence-electron chi connectivity index (χ4n) is 2.78. The highest BCUT2D eigenvalue weighted by atomic mass is 16.5. The zero-order chi connectivity index (χ0) is 16.8. The summed E-state index contributed by atoms with van der Waals surface area (Å²) < 4.78 is 5.16. The van der Waals surface area contributed by atoms with Crippen LogP contribution in [0.5, 0.6) is 5.75 Å². The van der Waals surface area contributed by atoms with Crippen molar-refractivity contribution in [1.82, 2.24) is 15.3 Å². The highest BCUT2D eigenvalue weighted by Gasteiger charge is 2.22. The molecule has 2 amide bonds. The topological polar surface area (TPSA) is 79.4 Å². The molecule has 126 valence electrons. The van der Waals surface area contributed by atoms with E-state index in [-0.39, 0.29) is 12.1 Å². The second-order valence-corrected chi connectivity index (χ2v) is 5.66. The molecule has 7 nitrogen and oxygen atoms in total. The van der Waals surface area contributed by atoms with Gasteiger partial charge in [0.2, 0.25) is 5.95 Å². The molecule has 0 unspecified atom stereocenters. The molecule has 1 aliphatic heterocycles. The number of ether oxygens (including phenoxy) is 1. The minimum absolute atomic E-state index is 0.0631. The fraction of sp³-hybridized carbons (Fsp3) is 0.353. The minimum Gasteiger partial charge on any atom is -0.497 e. The van der Waals surface area contributed by atoms with E-state index < -0.39 is 0 Å². The average Bonchev–Trinajstić information content (AvgIpc) is 2.63. The lowest BCUT2D eigenvalue weighted by Gasteiger charge is -2.33. The molecular formula is C17H21N5O2. The van der Waals surface area contributed by atoms with Crippen LogP contribution in [0.15, 0.2) is 42.7 Å². The number of hydrogen-bond acceptors (Lipinski definition) is 5. The van der Waals surface area contributed by atoms with E-state index in [1.807, 2.05) is 18.2 Å². The molecule has 1 aromatic carbocycles. The molecule has 1 aromatic heterocycles. The minimum atomic E-state index is -0.218. The van der Waals surface area contributed by atoms with Crippen LogP contribution in [0.1, 0.15) is 12.8 Å². The average molecular weight is 327 g/mol. The molecule has 2 N–H and O–H groups in total. The van der Waals surface area contributed by atoms with Crippen LogP contribution in [0.25, 0.3) is 0 Å². The smallest absolute Gasteiger partial charge is 0.319 e.